The van der Waals surface area contributed by atoms with Crippen molar-refractivity contribution in [1.29, 1.82) is 0 Å². The topological polar surface area (TPSA) is 86.8 Å². The molecule has 1 unspecified atom stereocenters. The van der Waals surface area contributed by atoms with Gasteiger partial charge in [-0.05, 0) is 64.4 Å². The highest BCUT2D eigenvalue weighted by molar-refractivity contribution is 7.92. The molecular formula is C25H32Cl3N3O4S. The maximum absolute atomic E-state index is 13.4. The van der Waals surface area contributed by atoms with Gasteiger partial charge in [-0.3, -0.25) is 13.9 Å². The van der Waals surface area contributed by atoms with Crippen molar-refractivity contribution in [1.82, 2.24) is 10.2 Å². The molecule has 0 aliphatic carbocycles. The van der Waals surface area contributed by atoms with E-state index in [1.54, 1.807) is 49.4 Å². The summed E-state index contributed by atoms with van der Waals surface area (Å²) in [6, 6.07) is 10.7. The summed E-state index contributed by atoms with van der Waals surface area (Å²) < 4.78 is 26.0. The highest BCUT2D eigenvalue weighted by Gasteiger charge is 2.29. The second-order valence-corrected chi connectivity index (χ2v) is 12.7. The highest BCUT2D eigenvalue weighted by atomic mass is 35.5. The number of hydrogen-bond acceptors (Lipinski definition) is 4. The number of rotatable bonds is 10. The predicted octanol–water partition coefficient (Wildman–Crippen LogP) is 5.53. The van der Waals surface area contributed by atoms with Crippen molar-refractivity contribution in [3.05, 3.63) is 63.1 Å². The van der Waals surface area contributed by atoms with Crippen LogP contribution in [0.25, 0.3) is 0 Å². The minimum absolute atomic E-state index is 0.00178. The van der Waals surface area contributed by atoms with Gasteiger partial charge in [0.15, 0.2) is 0 Å². The van der Waals surface area contributed by atoms with Gasteiger partial charge in [-0.15, -0.1) is 0 Å². The van der Waals surface area contributed by atoms with Crippen LogP contribution in [-0.2, 0) is 26.2 Å². The van der Waals surface area contributed by atoms with Crippen molar-refractivity contribution in [2.75, 3.05) is 17.1 Å². The van der Waals surface area contributed by atoms with Crippen LogP contribution < -0.4 is 9.62 Å². The maximum Gasteiger partial charge on any atom is 0.242 e. The summed E-state index contributed by atoms with van der Waals surface area (Å²) >= 11 is 18.7. The van der Waals surface area contributed by atoms with Crippen LogP contribution in [0.15, 0.2) is 42.5 Å². The van der Waals surface area contributed by atoms with E-state index in [4.69, 9.17) is 34.8 Å². The van der Waals surface area contributed by atoms with Crippen molar-refractivity contribution in [2.45, 2.75) is 58.7 Å². The number of nitrogens with one attached hydrogen (secondary N) is 1. The Balaban J connectivity index is 2.25. The van der Waals surface area contributed by atoms with Gasteiger partial charge in [0.05, 0.1) is 11.9 Å². The highest BCUT2D eigenvalue weighted by Crippen LogP contribution is 2.27. The Labute approximate surface area is 228 Å². The number of carbonyl (C=O) groups excluding carboxylic acids is 2. The Hall–Kier alpha value is -2.00. The lowest BCUT2D eigenvalue weighted by atomic mass is 10.1. The Kier molecular flexibility index (Phi) is 10.5. The Bertz CT molecular complexity index is 1180. The fourth-order valence-electron chi connectivity index (χ4n) is 3.55. The molecule has 0 fully saturated rings. The van der Waals surface area contributed by atoms with Crippen molar-refractivity contribution >= 4 is 62.3 Å². The monoisotopic (exact) mass is 575 g/mol. The first kappa shape index (κ1) is 30.2. The molecule has 0 spiro atoms. The molecule has 2 rings (SSSR count). The molecule has 7 nitrogen and oxygen atoms in total. The Morgan fingerprint density at radius 3 is 2.14 bits per heavy atom. The maximum atomic E-state index is 13.4. The van der Waals surface area contributed by atoms with Crippen molar-refractivity contribution in [3.8, 4) is 0 Å². The summed E-state index contributed by atoms with van der Waals surface area (Å²) in [6.45, 7) is 7.28. The lowest BCUT2D eigenvalue weighted by Crippen LogP contribution is -2.52. The van der Waals surface area contributed by atoms with Crippen LogP contribution in [0.4, 0.5) is 5.69 Å². The molecule has 0 aliphatic rings. The van der Waals surface area contributed by atoms with Gasteiger partial charge < -0.3 is 10.2 Å². The molecule has 0 heterocycles. The summed E-state index contributed by atoms with van der Waals surface area (Å²) in [5, 5.41) is 4.06. The van der Waals surface area contributed by atoms with Crippen LogP contribution in [0.5, 0.6) is 0 Å². The molecule has 0 aromatic heterocycles. The number of halogens is 3. The molecule has 0 aliphatic heterocycles. The van der Waals surface area contributed by atoms with E-state index in [-0.39, 0.29) is 37.7 Å². The molecule has 0 saturated carbocycles. The number of carbonyl (C=O) groups is 2. The van der Waals surface area contributed by atoms with E-state index in [0.29, 0.717) is 26.3 Å². The van der Waals surface area contributed by atoms with Crippen LogP contribution in [0.1, 0.15) is 46.1 Å². The third-order valence-corrected chi connectivity index (χ3v) is 7.44. The first-order valence-corrected chi connectivity index (χ1v) is 14.4. The van der Waals surface area contributed by atoms with Crippen LogP contribution in [-0.4, -0.2) is 49.5 Å². The molecular weight excluding hydrogens is 545 g/mol. The number of nitrogens with zero attached hydrogens (tertiary/aromatic N) is 2. The van der Waals surface area contributed by atoms with Gasteiger partial charge in [-0.2, -0.15) is 0 Å². The predicted molar refractivity (Wildman–Crippen MR) is 147 cm³/mol. The molecule has 1 N–H and O–H groups in total. The number of anilines is 1. The zero-order chi connectivity index (χ0) is 27.3. The fourth-order valence-corrected chi connectivity index (χ4v) is 5.20. The quantitative estimate of drug-likeness (QED) is 0.403. The van der Waals surface area contributed by atoms with E-state index in [2.05, 4.69) is 5.32 Å². The van der Waals surface area contributed by atoms with Gasteiger partial charge in [0.2, 0.25) is 21.8 Å². The summed E-state index contributed by atoms with van der Waals surface area (Å²) in [5.41, 5.74) is 0.450. The van der Waals surface area contributed by atoms with E-state index >= 15 is 0 Å². The number of amides is 2. The minimum atomic E-state index is -3.61. The van der Waals surface area contributed by atoms with E-state index in [1.807, 2.05) is 20.8 Å². The van der Waals surface area contributed by atoms with Gasteiger partial charge in [0, 0.05) is 45.7 Å². The summed E-state index contributed by atoms with van der Waals surface area (Å²) in [5.74, 6) is -0.655. The second kappa shape index (κ2) is 12.5. The number of sulfonamides is 1. The van der Waals surface area contributed by atoms with E-state index in [0.717, 1.165) is 6.26 Å². The first-order valence-electron chi connectivity index (χ1n) is 11.4. The molecule has 2 amide bonds. The fraction of sp³-hybridized carbons (Fsp3) is 0.440. The molecule has 11 heteroatoms. The van der Waals surface area contributed by atoms with Crippen molar-refractivity contribution < 1.29 is 18.0 Å². The zero-order valence-electron chi connectivity index (χ0n) is 21.0. The van der Waals surface area contributed by atoms with Crippen LogP contribution in [0.2, 0.25) is 15.1 Å². The molecule has 36 heavy (non-hydrogen) atoms. The average Bonchev–Trinajstić information content (AvgIpc) is 2.74. The van der Waals surface area contributed by atoms with Crippen molar-refractivity contribution in [2.24, 2.45) is 0 Å². The second-order valence-electron chi connectivity index (χ2n) is 9.56. The van der Waals surface area contributed by atoms with Crippen LogP contribution >= 0.6 is 34.8 Å². The molecule has 1 atom stereocenters. The van der Waals surface area contributed by atoms with Gasteiger partial charge in [0.1, 0.15) is 6.04 Å². The van der Waals surface area contributed by atoms with Gasteiger partial charge in [-0.1, -0.05) is 46.9 Å². The third kappa shape index (κ3) is 8.83. The zero-order valence-corrected chi connectivity index (χ0v) is 24.1. The van der Waals surface area contributed by atoms with Crippen LogP contribution in [0, 0.1) is 0 Å². The van der Waals surface area contributed by atoms with E-state index in [9.17, 15) is 18.0 Å². The Morgan fingerprint density at radius 1 is 1.03 bits per heavy atom. The van der Waals surface area contributed by atoms with Crippen molar-refractivity contribution in [3.63, 3.8) is 0 Å². The molecule has 0 radical (unpaired) electrons. The number of hydrogen-bond donors (Lipinski definition) is 1. The molecule has 2 aromatic carbocycles. The van der Waals surface area contributed by atoms with Crippen LogP contribution in [0.3, 0.4) is 0 Å². The summed E-state index contributed by atoms with van der Waals surface area (Å²) in [4.78, 5) is 27.7. The summed E-state index contributed by atoms with van der Waals surface area (Å²) in [6.07, 6.45) is 1.32. The van der Waals surface area contributed by atoms with Gasteiger partial charge in [0.25, 0.3) is 0 Å². The SMILES string of the molecule is CC(C(=O)NC(C)(C)C)N(Cc1c(Cl)cccc1Cl)C(=O)CCCN(c1cccc(Cl)c1)S(C)(=O)=O. The molecule has 198 valence electrons. The standard InChI is InChI=1S/C25H32Cl3N3O4S/c1-17(24(33)29-25(2,3)4)30(16-20-21(27)11-7-12-22(20)28)23(32)13-8-14-31(36(5,34)35)19-10-6-9-18(26)15-19/h6-7,9-12,15,17H,8,13-14,16H2,1-5H3,(H,29,33). The lowest BCUT2D eigenvalue weighted by Gasteiger charge is -2.32. The average molecular weight is 577 g/mol. The molecule has 2 aromatic rings. The molecule has 0 bridgehead atoms. The first-order chi connectivity index (χ1) is 16.6. The normalized spacial score (nSPS) is 12.7. The number of benzene rings is 2. The molecule has 0 saturated heterocycles. The smallest absolute Gasteiger partial charge is 0.242 e. The lowest BCUT2D eigenvalue weighted by molar-refractivity contribution is -0.141. The van der Waals surface area contributed by atoms with Gasteiger partial charge >= 0.3 is 0 Å². The van der Waals surface area contributed by atoms with Gasteiger partial charge in [-0.25, -0.2) is 8.42 Å². The minimum Gasteiger partial charge on any atom is -0.350 e. The largest absolute Gasteiger partial charge is 0.350 e. The third-order valence-electron chi connectivity index (χ3n) is 5.30. The van der Waals surface area contributed by atoms with E-state index < -0.39 is 21.6 Å². The Morgan fingerprint density at radius 2 is 1.61 bits per heavy atom. The van der Waals surface area contributed by atoms with E-state index in [1.165, 1.54) is 9.21 Å². The summed E-state index contributed by atoms with van der Waals surface area (Å²) in [7, 11) is -3.61.